The largest absolute Gasteiger partial charge is 1.00 e. The molecule has 0 aromatic rings. The van der Waals surface area contributed by atoms with Crippen molar-refractivity contribution in [2.24, 2.45) is 17.3 Å². The van der Waals surface area contributed by atoms with Gasteiger partial charge in [0.1, 0.15) is 5.03 Å². The fraction of sp³-hybridized carbons (Fsp3) is 0.667. The first-order valence-electron chi connectivity index (χ1n) is 4.24. The molecule has 2 nitrogen and oxygen atoms in total. The topological polar surface area (TPSA) is 40.1 Å². The molecule has 7 heteroatoms. The van der Waals surface area contributed by atoms with E-state index in [4.69, 9.17) is 11.6 Å². The van der Waals surface area contributed by atoms with E-state index in [0.717, 1.165) is 6.08 Å². The van der Waals surface area contributed by atoms with E-state index >= 15 is 0 Å². The summed E-state index contributed by atoms with van der Waals surface area (Å²) in [6.07, 6.45) is -3.86. The molecule has 0 aromatic carbocycles. The number of hydrogen-bond acceptors (Lipinski definition) is 2. The summed E-state index contributed by atoms with van der Waals surface area (Å²) in [4.78, 5) is 10.6. The van der Waals surface area contributed by atoms with Gasteiger partial charge in [-0.3, -0.25) is 0 Å². The van der Waals surface area contributed by atoms with Gasteiger partial charge in [-0.05, 0) is 11.3 Å². The summed E-state index contributed by atoms with van der Waals surface area (Å²) in [6, 6.07) is 0. The molecule has 1 aliphatic rings. The average molecular weight is 265 g/mol. The molecule has 0 spiro atoms. The molecule has 0 saturated heterocycles. The van der Waals surface area contributed by atoms with Crippen LogP contribution in [0.2, 0.25) is 0 Å². The van der Waals surface area contributed by atoms with Gasteiger partial charge in [-0.2, -0.15) is 13.2 Å². The van der Waals surface area contributed by atoms with Gasteiger partial charge < -0.3 is 9.90 Å². The van der Waals surface area contributed by atoms with E-state index in [9.17, 15) is 23.1 Å². The van der Waals surface area contributed by atoms with Crippen LogP contribution in [0.15, 0.2) is 11.1 Å². The summed E-state index contributed by atoms with van der Waals surface area (Å²) in [5, 5.41) is 9.28. The van der Waals surface area contributed by atoms with Gasteiger partial charge in [-0.1, -0.05) is 31.5 Å². The first-order chi connectivity index (χ1) is 6.58. The van der Waals surface area contributed by atoms with Crippen molar-refractivity contribution in [2.45, 2.75) is 20.0 Å². The van der Waals surface area contributed by atoms with Crippen LogP contribution in [-0.4, -0.2) is 12.1 Å². The Hall–Kier alpha value is 0.290. The van der Waals surface area contributed by atoms with Crippen LogP contribution in [0.3, 0.4) is 0 Å². The zero-order chi connectivity index (χ0) is 12.0. The third-order valence-electron chi connectivity index (χ3n) is 2.76. The van der Waals surface area contributed by atoms with Gasteiger partial charge >= 0.3 is 35.7 Å². The molecule has 0 amide bonds. The summed E-state index contributed by atoms with van der Waals surface area (Å²) in [5.74, 6) is -2.95. The summed E-state index contributed by atoms with van der Waals surface area (Å²) in [6.45, 7) is 3.13. The zero-order valence-electron chi connectivity index (χ0n) is 9.06. The van der Waals surface area contributed by atoms with Crippen molar-refractivity contribution in [1.29, 1.82) is 0 Å². The van der Waals surface area contributed by atoms with Crippen molar-refractivity contribution in [3.05, 3.63) is 11.1 Å². The zero-order valence-corrected chi connectivity index (χ0v) is 11.8. The fourth-order valence-corrected chi connectivity index (χ4v) is 1.83. The molecule has 0 bridgehead atoms. The third-order valence-corrected chi connectivity index (χ3v) is 3.10. The Kier molecular flexibility index (Phi) is 4.97. The molecule has 0 N–H and O–H groups in total. The van der Waals surface area contributed by atoms with Gasteiger partial charge in [0, 0.05) is 11.9 Å². The first-order valence-corrected chi connectivity index (χ1v) is 4.61. The molecule has 1 rings (SSSR count). The second kappa shape index (κ2) is 4.88. The SMILES string of the molecule is CC1(C)[C@H](C=C(Cl)C(F)(F)F)[C@@H]1C(=O)[O-].[Na+]. The molecular weight excluding hydrogens is 256 g/mol. The minimum Gasteiger partial charge on any atom is -0.550 e. The number of allylic oxidation sites excluding steroid dienone is 2. The normalized spacial score (nSPS) is 28.2. The van der Waals surface area contributed by atoms with Crippen LogP contribution in [0.1, 0.15) is 13.8 Å². The van der Waals surface area contributed by atoms with Crippen molar-refractivity contribution in [1.82, 2.24) is 0 Å². The molecule has 1 saturated carbocycles. The van der Waals surface area contributed by atoms with Crippen molar-refractivity contribution >= 4 is 17.6 Å². The van der Waals surface area contributed by atoms with Crippen LogP contribution in [0.4, 0.5) is 13.2 Å². The summed E-state index contributed by atoms with van der Waals surface area (Å²) >= 11 is 5.01. The number of carboxylic acid groups (broad SMARTS) is 1. The van der Waals surface area contributed by atoms with Crippen molar-refractivity contribution in [2.75, 3.05) is 0 Å². The Balaban J connectivity index is 0.00000225. The van der Waals surface area contributed by atoms with Gasteiger partial charge in [0.25, 0.3) is 0 Å². The number of aliphatic carboxylic acids is 1. The van der Waals surface area contributed by atoms with E-state index in [1.807, 2.05) is 0 Å². The number of rotatable bonds is 2. The van der Waals surface area contributed by atoms with E-state index in [1.54, 1.807) is 13.8 Å². The van der Waals surface area contributed by atoms with Crippen LogP contribution < -0.4 is 34.7 Å². The predicted molar refractivity (Wildman–Crippen MR) is 45.8 cm³/mol. The Labute approximate surface area is 118 Å². The maximum atomic E-state index is 12.1. The average Bonchev–Trinajstić information content (AvgIpc) is 2.50. The number of carboxylic acids is 1. The van der Waals surface area contributed by atoms with E-state index in [1.165, 1.54) is 0 Å². The van der Waals surface area contributed by atoms with E-state index in [0.29, 0.717) is 0 Å². The van der Waals surface area contributed by atoms with E-state index in [2.05, 4.69) is 0 Å². The fourth-order valence-electron chi connectivity index (χ4n) is 1.69. The Morgan fingerprint density at radius 3 is 2.12 bits per heavy atom. The van der Waals surface area contributed by atoms with Crippen LogP contribution in [0.5, 0.6) is 0 Å². The number of alkyl halides is 3. The Bertz CT molecular complexity index is 325. The molecule has 1 fully saturated rings. The van der Waals surface area contributed by atoms with Crippen molar-refractivity contribution in [3.63, 3.8) is 0 Å². The molecule has 1 aliphatic carbocycles. The first kappa shape index (κ1) is 16.3. The second-order valence-electron chi connectivity index (χ2n) is 4.16. The number of halogens is 4. The van der Waals surface area contributed by atoms with E-state index in [-0.39, 0.29) is 29.6 Å². The molecule has 0 aromatic heterocycles. The predicted octanol–water partition coefficient (Wildman–Crippen LogP) is -1.30. The molecule has 0 radical (unpaired) electrons. The third kappa shape index (κ3) is 3.15. The molecule has 86 valence electrons. The van der Waals surface area contributed by atoms with Gasteiger partial charge in [-0.15, -0.1) is 0 Å². The van der Waals surface area contributed by atoms with E-state index < -0.39 is 34.4 Å². The summed E-state index contributed by atoms with van der Waals surface area (Å²) < 4.78 is 36.2. The quantitative estimate of drug-likeness (QED) is 0.582. The second-order valence-corrected chi connectivity index (χ2v) is 4.56. The Morgan fingerprint density at radius 2 is 1.88 bits per heavy atom. The van der Waals surface area contributed by atoms with Crippen molar-refractivity contribution in [3.8, 4) is 0 Å². The number of carbonyl (C=O) groups excluding carboxylic acids is 1. The van der Waals surface area contributed by atoms with Gasteiger partial charge in [0.2, 0.25) is 0 Å². The van der Waals surface area contributed by atoms with Gasteiger partial charge in [0.05, 0.1) is 0 Å². The molecule has 0 unspecified atom stereocenters. The smallest absolute Gasteiger partial charge is 0.550 e. The summed E-state index contributed by atoms with van der Waals surface area (Å²) in [5.41, 5.74) is -0.718. The number of hydrogen-bond donors (Lipinski definition) is 0. The maximum absolute atomic E-state index is 12.1. The van der Waals surface area contributed by atoms with Gasteiger partial charge in [-0.25, -0.2) is 0 Å². The van der Waals surface area contributed by atoms with Crippen molar-refractivity contribution < 1.29 is 52.6 Å². The minimum absolute atomic E-state index is 0. The van der Waals surface area contributed by atoms with Crippen LogP contribution >= 0.6 is 11.6 Å². The Morgan fingerprint density at radius 1 is 1.44 bits per heavy atom. The van der Waals surface area contributed by atoms with Gasteiger partial charge in [0.15, 0.2) is 0 Å². The molecule has 2 atom stereocenters. The molecule has 0 aliphatic heterocycles. The van der Waals surface area contributed by atoms with Crippen LogP contribution in [0, 0.1) is 17.3 Å². The standard InChI is InChI=1S/C9H10ClF3O2.Na/c1-8(2)4(6(8)7(14)15)3-5(10)9(11,12)13;/h3-4,6H,1-2H3,(H,14,15);/q;+1/p-1/t4-,6-;/m1./s1. The van der Waals surface area contributed by atoms with Crippen LogP contribution in [0.25, 0.3) is 0 Å². The van der Waals surface area contributed by atoms with Crippen LogP contribution in [-0.2, 0) is 4.79 Å². The molecule has 16 heavy (non-hydrogen) atoms. The number of carbonyl (C=O) groups is 1. The molecular formula is C9H9ClF3NaO2. The monoisotopic (exact) mass is 264 g/mol. The summed E-state index contributed by atoms with van der Waals surface area (Å²) in [7, 11) is 0. The molecule has 0 heterocycles. The maximum Gasteiger partial charge on any atom is 1.00 e. The minimum atomic E-state index is -4.61.